The third kappa shape index (κ3) is 4.89. The van der Waals surface area contributed by atoms with E-state index in [9.17, 15) is 4.79 Å². The fourth-order valence-corrected chi connectivity index (χ4v) is 2.63. The van der Waals surface area contributed by atoms with Gasteiger partial charge >= 0.3 is 0 Å². The van der Waals surface area contributed by atoms with Gasteiger partial charge in [-0.25, -0.2) is 9.97 Å². The van der Waals surface area contributed by atoms with Crippen LogP contribution in [0.5, 0.6) is 0 Å². The number of carbonyl (C=O) groups is 1. The summed E-state index contributed by atoms with van der Waals surface area (Å²) in [5.41, 5.74) is 2.69. The van der Waals surface area contributed by atoms with Gasteiger partial charge in [0, 0.05) is 20.1 Å². The summed E-state index contributed by atoms with van der Waals surface area (Å²) in [6.45, 7) is 1.30. The predicted octanol–water partition coefficient (Wildman–Crippen LogP) is 3.40. The minimum Gasteiger partial charge on any atom is -0.368 e. The highest BCUT2D eigenvalue weighted by Gasteiger charge is 2.14. The van der Waals surface area contributed by atoms with Gasteiger partial charge in [0.25, 0.3) is 5.91 Å². The first-order chi connectivity index (χ1) is 12.7. The third-order valence-electron chi connectivity index (χ3n) is 4.04. The first-order valence-electron chi connectivity index (χ1n) is 8.61. The first-order valence-corrected chi connectivity index (χ1v) is 8.61. The molecule has 3 aromatic rings. The Balaban J connectivity index is 1.52. The molecule has 5 heteroatoms. The van der Waals surface area contributed by atoms with Gasteiger partial charge in [0.05, 0.1) is 12.4 Å². The first kappa shape index (κ1) is 17.6. The highest BCUT2D eigenvalue weighted by atomic mass is 16.2. The van der Waals surface area contributed by atoms with Crippen LogP contribution in [-0.4, -0.2) is 34.4 Å². The average molecular weight is 346 g/mol. The molecule has 2 aromatic carbocycles. The molecule has 0 fully saturated rings. The molecule has 0 radical (unpaired) electrons. The third-order valence-corrected chi connectivity index (χ3v) is 4.04. The lowest BCUT2D eigenvalue weighted by atomic mass is 10.1. The van der Waals surface area contributed by atoms with E-state index in [2.05, 4.69) is 27.4 Å². The molecule has 0 aliphatic rings. The number of hydrogen-bond acceptors (Lipinski definition) is 4. The van der Waals surface area contributed by atoms with Crippen molar-refractivity contribution >= 4 is 11.7 Å². The van der Waals surface area contributed by atoms with Gasteiger partial charge in [-0.15, -0.1) is 0 Å². The van der Waals surface area contributed by atoms with E-state index in [-0.39, 0.29) is 5.91 Å². The molecule has 1 aromatic heterocycles. The molecule has 0 saturated carbocycles. The second-order valence-corrected chi connectivity index (χ2v) is 6.10. The number of amides is 1. The van der Waals surface area contributed by atoms with Gasteiger partial charge in [-0.2, -0.15) is 0 Å². The van der Waals surface area contributed by atoms with Crippen molar-refractivity contribution in [3.05, 3.63) is 89.9 Å². The Morgan fingerprint density at radius 3 is 2.19 bits per heavy atom. The van der Waals surface area contributed by atoms with Gasteiger partial charge in [-0.1, -0.05) is 60.7 Å². The number of nitrogens with zero attached hydrogens (tertiary/aromatic N) is 3. The van der Waals surface area contributed by atoms with Crippen LogP contribution in [0.1, 0.15) is 21.6 Å². The number of anilines is 1. The van der Waals surface area contributed by atoms with Gasteiger partial charge in [-0.3, -0.25) is 4.79 Å². The lowest BCUT2D eigenvalue weighted by molar-refractivity contribution is 0.0779. The molecule has 0 spiro atoms. The maximum atomic E-state index is 12.5. The van der Waals surface area contributed by atoms with E-state index in [0.29, 0.717) is 18.1 Å². The number of aromatic nitrogens is 2. The largest absolute Gasteiger partial charge is 0.368 e. The number of benzene rings is 2. The van der Waals surface area contributed by atoms with Gasteiger partial charge in [0.1, 0.15) is 11.5 Å². The fraction of sp³-hybridized carbons (Fsp3) is 0.190. The lowest BCUT2D eigenvalue weighted by Crippen LogP contribution is -2.27. The Morgan fingerprint density at radius 1 is 0.923 bits per heavy atom. The SMILES string of the molecule is CN(Cc1ccccc1)C(=O)c1cnc(NCCc2ccccc2)cn1. The fourth-order valence-electron chi connectivity index (χ4n) is 2.63. The summed E-state index contributed by atoms with van der Waals surface area (Å²) in [6, 6.07) is 20.1. The minimum absolute atomic E-state index is 0.141. The van der Waals surface area contributed by atoms with Crippen LogP contribution in [0.3, 0.4) is 0 Å². The highest BCUT2D eigenvalue weighted by Crippen LogP contribution is 2.08. The van der Waals surface area contributed by atoms with Gasteiger partial charge in [-0.05, 0) is 17.5 Å². The van der Waals surface area contributed by atoms with Gasteiger partial charge in [0.2, 0.25) is 0 Å². The van der Waals surface area contributed by atoms with Crippen molar-refractivity contribution in [3.63, 3.8) is 0 Å². The summed E-state index contributed by atoms with van der Waals surface area (Å²) < 4.78 is 0. The lowest BCUT2D eigenvalue weighted by Gasteiger charge is -2.16. The van der Waals surface area contributed by atoms with Crippen LogP contribution in [0.4, 0.5) is 5.82 Å². The zero-order valence-electron chi connectivity index (χ0n) is 14.8. The summed E-state index contributed by atoms with van der Waals surface area (Å²) in [4.78, 5) is 22.7. The second kappa shape index (κ2) is 8.76. The molecule has 0 unspecified atom stereocenters. The van der Waals surface area contributed by atoms with E-state index in [1.54, 1.807) is 18.1 Å². The van der Waals surface area contributed by atoms with Crippen molar-refractivity contribution in [1.82, 2.24) is 14.9 Å². The highest BCUT2D eigenvalue weighted by molar-refractivity contribution is 5.91. The van der Waals surface area contributed by atoms with Crippen molar-refractivity contribution in [2.75, 3.05) is 18.9 Å². The predicted molar refractivity (Wildman–Crippen MR) is 103 cm³/mol. The summed E-state index contributed by atoms with van der Waals surface area (Å²) in [5.74, 6) is 0.528. The average Bonchev–Trinajstić information content (AvgIpc) is 2.69. The molecule has 0 atom stereocenters. The van der Waals surface area contributed by atoms with Crippen molar-refractivity contribution < 1.29 is 4.79 Å². The Bertz CT molecular complexity index is 820. The second-order valence-electron chi connectivity index (χ2n) is 6.10. The molecule has 26 heavy (non-hydrogen) atoms. The standard InChI is InChI=1S/C21H22N4O/c1-25(16-18-10-6-3-7-11-18)21(26)19-14-24-20(15-23-19)22-13-12-17-8-4-2-5-9-17/h2-11,14-15H,12-13,16H2,1H3,(H,22,24). The van der Waals surface area contributed by atoms with Crippen molar-refractivity contribution in [2.45, 2.75) is 13.0 Å². The van der Waals surface area contributed by atoms with Gasteiger partial charge < -0.3 is 10.2 Å². The Morgan fingerprint density at radius 2 is 1.58 bits per heavy atom. The summed E-state index contributed by atoms with van der Waals surface area (Å²) in [6.07, 6.45) is 4.03. The van der Waals surface area contributed by atoms with E-state index in [1.165, 1.54) is 11.8 Å². The molecule has 1 amide bonds. The maximum Gasteiger partial charge on any atom is 0.274 e. The molecular formula is C21H22N4O. The van der Waals surface area contributed by atoms with Crippen molar-refractivity contribution in [2.24, 2.45) is 0 Å². The van der Waals surface area contributed by atoms with E-state index in [1.807, 2.05) is 48.5 Å². The summed E-state index contributed by atoms with van der Waals surface area (Å²) in [5, 5.41) is 3.23. The maximum absolute atomic E-state index is 12.5. The normalized spacial score (nSPS) is 10.3. The number of carbonyl (C=O) groups excluding carboxylic acids is 1. The van der Waals surface area contributed by atoms with E-state index in [4.69, 9.17) is 0 Å². The van der Waals surface area contributed by atoms with Crippen molar-refractivity contribution in [1.29, 1.82) is 0 Å². The smallest absolute Gasteiger partial charge is 0.274 e. The van der Waals surface area contributed by atoms with Crippen LogP contribution in [0, 0.1) is 0 Å². The monoisotopic (exact) mass is 346 g/mol. The van der Waals surface area contributed by atoms with Crippen molar-refractivity contribution in [3.8, 4) is 0 Å². The van der Waals surface area contributed by atoms with E-state index < -0.39 is 0 Å². The number of nitrogens with one attached hydrogen (secondary N) is 1. The Kier molecular flexibility index (Phi) is 5.93. The van der Waals surface area contributed by atoms with Gasteiger partial charge in [0.15, 0.2) is 0 Å². The van der Waals surface area contributed by atoms with E-state index in [0.717, 1.165) is 18.5 Å². The van der Waals surface area contributed by atoms with Crippen LogP contribution in [0.25, 0.3) is 0 Å². The zero-order valence-corrected chi connectivity index (χ0v) is 14.8. The number of hydrogen-bond donors (Lipinski definition) is 1. The summed E-state index contributed by atoms with van der Waals surface area (Å²) >= 11 is 0. The Labute approximate surface area is 153 Å². The minimum atomic E-state index is -0.141. The molecule has 132 valence electrons. The molecule has 1 N–H and O–H groups in total. The zero-order chi connectivity index (χ0) is 18.2. The van der Waals surface area contributed by atoms with Crippen LogP contribution >= 0.6 is 0 Å². The van der Waals surface area contributed by atoms with E-state index >= 15 is 0 Å². The summed E-state index contributed by atoms with van der Waals surface area (Å²) in [7, 11) is 1.77. The molecule has 0 aliphatic heterocycles. The Hall–Kier alpha value is -3.21. The van der Waals surface area contributed by atoms with Crippen LogP contribution in [0.15, 0.2) is 73.1 Å². The quantitative estimate of drug-likeness (QED) is 0.712. The molecule has 0 aliphatic carbocycles. The van der Waals surface area contributed by atoms with Crippen LogP contribution in [-0.2, 0) is 13.0 Å². The molecule has 1 heterocycles. The number of rotatable bonds is 7. The topological polar surface area (TPSA) is 58.1 Å². The molecule has 3 rings (SSSR count). The molecular weight excluding hydrogens is 324 g/mol. The molecule has 0 bridgehead atoms. The van der Waals surface area contributed by atoms with Crippen LogP contribution in [0.2, 0.25) is 0 Å². The van der Waals surface area contributed by atoms with Crippen LogP contribution < -0.4 is 5.32 Å². The molecule has 0 saturated heterocycles. The molecule has 5 nitrogen and oxygen atoms in total.